The summed E-state index contributed by atoms with van der Waals surface area (Å²) in [4.78, 5) is 23.5. The van der Waals surface area contributed by atoms with Gasteiger partial charge in [-0.15, -0.1) is 0 Å². The van der Waals surface area contributed by atoms with Gasteiger partial charge in [-0.1, -0.05) is 6.07 Å². The van der Waals surface area contributed by atoms with Crippen molar-refractivity contribution in [3.05, 3.63) is 41.2 Å². The van der Waals surface area contributed by atoms with Crippen LogP contribution in [0.1, 0.15) is 5.56 Å². The van der Waals surface area contributed by atoms with E-state index in [1.165, 1.54) is 6.07 Å². The standard InChI is InChI=1S/C8H9N2O2/c1-6(11)9-4-7-2-3-8(12)10-5-7/h2-3,5H,1,4H2,(H,9,11)(H,10,12). The second-order valence-electron chi connectivity index (χ2n) is 2.34. The minimum absolute atomic E-state index is 0.153. The maximum absolute atomic E-state index is 10.6. The van der Waals surface area contributed by atoms with Gasteiger partial charge in [0.05, 0.1) is 0 Å². The van der Waals surface area contributed by atoms with Gasteiger partial charge in [0.15, 0.2) is 0 Å². The minimum atomic E-state index is -0.332. The number of aromatic amines is 1. The third-order valence-corrected chi connectivity index (χ3v) is 1.34. The molecule has 0 aliphatic carbocycles. The molecule has 1 rings (SSSR count). The van der Waals surface area contributed by atoms with Crippen LogP contribution >= 0.6 is 0 Å². The van der Waals surface area contributed by atoms with Crippen LogP contribution in [0.3, 0.4) is 0 Å². The molecule has 0 saturated carbocycles. The molecule has 63 valence electrons. The van der Waals surface area contributed by atoms with E-state index in [-0.39, 0.29) is 11.5 Å². The lowest BCUT2D eigenvalue weighted by Crippen LogP contribution is -2.19. The summed E-state index contributed by atoms with van der Waals surface area (Å²) >= 11 is 0. The van der Waals surface area contributed by atoms with Crippen LogP contribution in [0.2, 0.25) is 0 Å². The van der Waals surface area contributed by atoms with E-state index >= 15 is 0 Å². The Balaban J connectivity index is 2.59. The largest absolute Gasteiger partial charge is 0.352 e. The molecular weight excluding hydrogens is 156 g/mol. The van der Waals surface area contributed by atoms with Crippen molar-refractivity contribution >= 4 is 5.91 Å². The molecule has 0 saturated heterocycles. The second kappa shape index (κ2) is 3.71. The number of amides is 1. The SMILES string of the molecule is [CH2]C(=O)NCc1ccc(=O)[nH]c1. The van der Waals surface area contributed by atoms with E-state index < -0.39 is 0 Å². The molecule has 0 unspecified atom stereocenters. The first kappa shape index (κ1) is 8.52. The van der Waals surface area contributed by atoms with Gasteiger partial charge in [0.25, 0.3) is 0 Å². The molecular formula is C8H9N2O2. The predicted octanol–water partition coefficient (Wildman–Crippen LogP) is -0.175. The molecule has 2 N–H and O–H groups in total. The molecule has 0 spiro atoms. The van der Waals surface area contributed by atoms with Crippen molar-refractivity contribution in [1.82, 2.24) is 10.3 Å². The normalized spacial score (nSPS) is 9.42. The van der Waals surface area contributed by atoms with Crippen LogP contribution in [0, 0.1) is 6.92 Å². The number of rotatable bonds is 2. The molecule has 4 heteroatoms. The zero-order chi connectivity index (χ0) is 8.97. The fraction of sp³-hybridized carbons (Fsp3) is 0.125. The second-order valence-corrected chi connectivity index (χ2v) is 2.34. The number of pyridine rings is 1. The first-order chi connectivity index (χ1) is 5.68. The first-order valence-electron chi connectivity index (χ1n) is 3.46. The van der Waals surface area contributed by atoms with E-state index in [4.69, 9.17) is 0 Å². The van der Waals surface area contributed by atoms with Crippen molar-refractivity contribution in [2.24, 2.45) is 0 Å². The monoisotopic (exact) mass is 165 g/mol. The molecule has 0 fully saturated rings. The van der Waals surface area contributed by atoms with Gasteiger partial charge in [0, 0.05) is 25.7 Å². The van der Waals surface area contributed by atoms with Crippen LogP contribution in [0.15, 0.2) is 23.1 Å². The molecule has 1 amide bonds. The molecule has 4 nitrogen and oxygen atoms in total. The molecule has 12 heavy (non-hydrogen) atoms. The van der Waals surface area contributed by atoms with E-state index in [1.807, 2.05) is 0 Å². The summed E-state index contributed by atoms with van der Waals surface area (Å²) in [5, 5.41) is 2.51. The van der Waals surface area contributed by atoms with Gasteiger partial charge in [0.2, 0.25) is 11.5 Å². The van der Waals surface area contributed by atoms with E-state index in [9.17, 15) is 9.59 Å². The number of aromatic nitrogens is 1. The molecule has 0 aliphatic rings. The molecule has 1 radical (unpaired) electrons. The van der Waals surface area contributed by atoms with Gasteiger partial charge < -0.3 is 10.3 Å². The maximum Gasteiger partial charge on any atom is 0.247 e. The van der Waals surface area contributed by atoms with Gasteiger partial charge in [-0.25, -0.2) is 0 Å². The summed E-state index contributed by atoms with van der Waals surface area (Å²) in [7, 11) is 0. The topological polar surface area (TPSA) is 62.0 Å². The molecule has 0 aliphatic heterocycles. The smallest absolute Gasteiger partial charge is 0.247 e. The molecule has 0 aromatic carbocycles. The highest BCUT2D eigenvalue weighted by Gasteiger charge is 1.93. The van der Waals surface area contributed by atoms with Crippen molar-refractivity contribution in [3.8, 4) is 0 Å². The molecule has 0 bridgehead atoms. The van der Waals surface area contributed by atoms with Gasteiger partial charge in [-0.05, 0) is 5.56 Å². The van der Waals surface area contributed by atoms with Crippen molar-refractivity contribution in [1.29, 1.82) is 0 Å². The Bertz CT molecular complexity index is 310. The molecule has 0 atom stereocenters. The van der Waals surface area contributed by atoms with Crippen LogP contribution in [-0.4, -0.2) is 10.9 Å². The number of H-pyrrole nitrogens is 1. The maximum atomic E-state index is 10.6. The summed E-state index contributed by atoms with van der Waals surface area (Å²) in [5.74, 6) is -0.332. The minimum Gasteiger partial charge on any atom is -0.352 e. The van der Waals surface area contributed by atoms with Gasteiger partial charge in [0.1, 0.15) is 0 Å². The number of carbonyl (C=O) groups excluding carboxylic acids is 1. The van der Waals surface area contributed by atoms with Crippen molar-refractivity contribution in [2.45, 2.75) is 6.54 Å². The van der Waals surface area contributed by atoms with E-state index in [2.05, 4.69) is 17.2 Å². The van der Waals surface area contributed by atoms with E-state index in [0.717, 1.165) is 5.56 Å². The van der Waals surface area contributed by atoms with E-state index in [1.54, 1.807) is 12.3 Å². The Morgan fingerprint density at radius 2 is 2.33 bits per heavy atom. The highest BCUT2D eigenvalue weighted by atomic mass is 16.1. The number of hydrogen-bond donors (Lipinski definition) is 2. The van der Waals surface area contributed by atoms with Gasteiger partial charge in [-0.2, -0.15) is 0 Å². The zero-order valence-corrected chi connectivity index (χ0v) is 6.46. The summed E-state index contributed by atoms with van der Waals surface area (Å²) in [6.45, 7) is 3.54. The lowest BCUT2D eigenvalue weighted by Gasteiger charge is -1.99. The average molecular weight is 165 g/mol. The third kappa shape index (κ3) is 2.57. The highest BCUT2D eigenvalue weighted by Crippen LogP contribution is 1.90. The number of hydrogen-bond acceptors (Lipinski definition) is 2. The molecule has 1 heterocycles. The zero-order valence-electron chi connectivity index (χ0n) is 6.46. The van der Waals surface area contributed by atoms with Crippen LogP contribution in [0.4, 0.5) is 0 Å². The average Bonchev–Trinajstić information content (AvgIpc) is 2.03. The predicted molar refractivity (Wildman–Crippen MR) is 44.3 cm³/mol. The Hall–Kier alpha value is -1.58. The summed E-state index contributed by atoms with van der Waals surface area (Å²) < 4.78 is 0. The Morgan fingerprint density at radius 1 is 1.58 bits per heavy atom. The van der Waals surface area contributed by atoms with Crippen LogP contribution < -0.4 is 10.9 Å². The van der Waals surface area contributed by atoms with Crippen LogP contribution in [-0.2, 0) is 11.3 Å². The van der Waals surface area contributed by atoms with Gasteiger partial charge in [-0.3, -0.25) is 9.59 Å². The van der Waals surface area contributed by atoms with E-state index in [0.29, 0.717) is 6.54 Å². The summed E-state index contributed by atoms with van der Waals surface area (Å²) in [5.41, 5.74) is 0.686. The van der Waals surface area contributed by atoms with Gasteiger partial charge >= 0.3 is 0 Å². The van der Waals surface area contributed by atoms with Crippen molar-refractivity contribution < 1.29 is 4.79 Å². The molecule has 1 aromatic rings. The Labute approximate surface area is 69.6 Å². The summed E-state index contributed by atoms with van der Waals surface area (Å²) in [6, 6.07) is 3.05. The third-order valence-electron chi connectivity index (χ3n) is 1.34. The lowest BCUT2D eigenvalue weighted by molar-refractivity contribution is -0.116. The molecule has 1 aromatic heterocycles. The Morgan fingerprint density at radius 3 is 2.83 bits per heavy atom. The first-order valence-corrected chi connectivity index (χ1v) is 3.46. The fourth-order valence-corrected chi connectivity index (χ4v) is 0.753. The fourth-order valence-electron chi connectivity index (χ4n) is 0.753. The number of carbonyl (C=O) groups is 1. The van der Waals surface area contributed by atoms with Crippen molar-refractivity contribution in [3.63, 3.8) is 0 Å². The number of nitrogens with one attached hydrogen (secondary N) is 2. The Kier molecular flexibility index (Phi) is 2.63. The lowest BCUT2D eigenvalue weighted by atomic mass is 10.3. The summed E-state index contributed by atoms with van der Waals surface area (Å²) in [6.07, 6.45) is 1.55. The quantitative estimate of drug-likeness (QED) is 0.638. The highest BCUT2D eigenvalue weighted by molar-refractivity contribution is 5.79. The van der Waals surface area contributed by atoms with Crippen LogP contribution in [0.25, 0.3) is 0 Å². The van der Waals surface area contributed by atoms with Crippen molar-refractivity contribution in [2.75, 3.05) is 0 Å². The van der Waals surface area contributed by atoms with Crippen LogP contribution in [0.5, 0.6) is 0 Å².